The van der Waals surface area contributed by atoms with Crippen LogP contribution in [0.4, 0.5) is 4.39 Å². The number of hydrogen-bond donors (Lipinski definition) is 2. The molecule has 3 N–H and O–H groups in total. The fourth-order valence-electron chi connectivity index (χ4n) is 2.31. The number of rotatable bonds is 5. The number of nitriles is 1. The minimum atomic E-state index is -1.33. The standard InChI is InChI=1S/C17H17FN2O/c18-15-8-6-14(7-9-15)17(20,12-19)11-16(21)10-13-4-2-1-3-5-13/h1-9,16,21H,10-11,20H2. The summed E-state index contributed by atoms with van der Waals surface area (Å²) in [5.74, 6) is -0.385. The Bertz CT molecular complexity index is 621. The van der Waals surface area contributed by atoms with Gasteiger partial charge in [-0.05, 0) is 29.7 Å². The van der Waals surface area contributed by atoms with Crippen molar-refractivity contribution in [3.05, 3.63) is 71.5 Å². The van der Waals surface area contributed by atoms with Gasteiger partial charge in [0.1, 0.15) is 11.4 Å². The van der Waals surface area contributed by atoms with Crippen LogP contribution in [-0.4, -0.2) is 11.2 Å². The molecular formula is C17H17FN2O. The van der Waals surface area contributed by atoms with E-state index in [4.69, 9.17) is 5.73 Å². The maximum atomic E-state index is 13.0. The summed E-state index contributed by atoms with van der Waals surface area (Å²) in [6.45, 7) is 0. The largest absolute Gasteiger partial charge is 0.393 e. The SMILES string of the molecule is N#CC(N)(CC(O)Cc1ccccc1)c1ccc(F)cc1. The first-order valence-electron chi connectivity index (χ1n) is 6.72. The molecule has 0 fully saturated rings. The first-order chi connectivity index (χ1) is 10.0. The molecule has 2 rings (SSSR count). The van der Waals surface area contributed by atoms with Gasteiger partial charge in [0.05, 0.1) is 12.2 Å². The highest BCUT2D eigenvalue weighted by molar-refractivity contribution is 5.31. The van der Waals surface area contributed by atoms with Crippen LogP contribution in [0.5, 0.6) is 0 Å². The zero-order valence-corrected chi connectivity index (χ0v) is 11.5. The highest BCUT2D eigenvalue weighted by Gasteiger charge is 2.30. The van der Waals surface area contributed by atoms with Gasteiger partial charge in [-0.15, -0.1) is 0 Å². The van der Waals surface area contributed by atoms with Gasteiger partial charge >= 0.3 is 0 Å². The Balaban J connectivity index is 2.11. The molecular weight excluding hydrogens is 267 g/mol. The molecule has 0 bridgehead atoms. The second-order valence-electron chi connectivity index (χ2n) is 5.14. The summed E-state index contributed by atoms with van der Waals surface area (Å²) in [4.78, 5) is 0. The summed E-state index contributed by atoms with van der Waals surface area (Å²) in [7, 11) is 0. The Morgan fingerprint density at radius 2 is 1.76 bits per heavy atom. The minimum absolute atomic E-state index is 0.0873. The smallest absolute Gasteiger partial charge is 0.132 e. The third kappa shape index (κ3) is 3.88. The topological polar surface area (TPSA) is 70.0 Å². The van der Waals surface area contributed by atoms with Crippen LogP contribution in [-0.2, 0) is 12.0 Å². The fourth-order valence-corrected chi connectivity index (χ4v) is 2.31. The van der Waals surface area contributed by atoms with Crippen molar-refractivity contribution in [1.29, 1.82) is 5.26 Å². The van der Waals surface area contributed by atoms with Gasteiger partial charge in [-0.25, -0.2) is 4.39 Å². The van der Waals surface area contributed by atoms with E-state index in [9.17, 15) is 14.8 Å². The van der Waals surface area contributed by atoms with Crippen LogP contribution in [0.15, 0.2) is 54.6 Å². The van der Waals surface area contributed by atoms with E-state index < -0.39 is 11.6 Å². The quantitative estimate of drug-likeness (QED) is 0.886. The van der Waals surface area contributed by atoms with Crippen molar-refractivity contribution in [1.82, 2.24) is 0 Å². The number of aliphatic hydroxyl groups is 1. The second-order valence-corrected chi connectivity index (χ2v) is 5.14. The highest BCUT2D eigenvalue weighted by Crippen LogP contribution is 2.24. The molecule has 2 atom stereocenters. The molecule has 0 saturated carbocycles. The van der Waals surface area contributed by atoms with Crippen molar-refractivity contribution < 1.29 is 9.50 Å². The van der Waals surface area contributed by atoms with Crippen LogP contribution < -0.4 is 5.73 Å². The lowest BCUT2D eigenvalue weighted by molar-refractivity contribution is 0.144. The van der Waals surface area contributed by atoms with Crippen molar-refractivity contribution in [2.45, 2.75) is 24.5 Å². The molecule has 2 aromatic carbocycles. The molecule has 21 heavy (non-hydrogen) atoms. The van der Waals surface area contributed by atoms with E-state index in [1.54, 1.807) is 0 Å². The summed E-state index contributed by atoms with van der Waals surface area (Å²) in [5, 5.41) is 19.5. The third-order valence-corrected chi connectivity index (χ3v) is 3.43. The van der Waals surface area contributed by atoms with Crippen LogP contribution in [0.2, 0.25) is 0 Å². The monoisotopic (exact) mass is 284 g/mol. The Morgan fingerprint density at radius 3 is 2.33 bits per heavy atom. The molecule has 0 amide bonds. The average Bonchev–Trinajstić information content (AvgIpc) is 2.48. The lowest BCUT2D eigenvalue weighted by Crippen LogP contribution is -2.39. The Kier molecular flexibility index (Phi) is 4.69. The molecule has 0 saturated heterocycles. The highest BCUT2D eigenvalue weighted by atomic mass is 19.1. The van der Waals surface area contributed by atoms with Crippen LogP contribution >= 0.6 is 0 Å². The average molecular weight is 284 g/mol. The molecule has 0 aliphatic rings. The summed E-state index contributed by atoms with van der Waals surface area (Å²) in [6, 6.07) is 17.0. The van der Waals surface area contributed by atoms with Crippen LogP contribution in [0.3, 0.4) is 0 Å². The fraction of sp³-hybridized carbons (Fsp3) is 0.235. The molecule has 0 heterocycles. The first kappa shape index (κ1) is 15.2. The zero-order valence-electron chi connectivity index (χ0n) is 11.5. The molecule has 4 heteroatoms. The molecule has 0 radical (unpaired) electrons. The third-order valence-electron chi connectivity index (χ3n) is 3.43. The summed E-state index contributed by atoms with van der Waals surface area (Å²) < 4.78 is 13.0. The maximum absolute atomic E-state index is 13.0. The van der Waals surface area contributed by atoms with Gasteiger partial charge in [-0.2, -0.15) is 5.26 Å². The van der Waals surface area contributed by atoms with E-state index in [0.29, 0.717) is 12.0 Å². The molecule has 3 nitrogen and oxygen atoms in total. The molecule has 0 spiro atoms. The van der Waals surface area contributed by atoms with Crippen LogP contribution in [0.25, 0.3) is 0 Å². The maximum Gasteiger partial charge on any atom is 0.132 e. The molecule has 2 unspecified atom stereocenters. The van der Waals surface area contributed by atoms with Gasteiger partial charge in [0.25, 0.3) is 0 Å². The Labute approximate surface area is 123 Å². The summed E-state index contributed by atoms with van der Waals surface area (Å²) >= 11 is 0. The van der Waals surface area contributed by atoms with E-state index in [0.717, 1.165) is 5.56 Å². The zero-order chi connectivity index (χ0) is 15.3. The summed E-state index contributed by atoms with van der Waals surface area (Å²) in [6.07, 6.45) is -0.241. The van der Waals surface area contributed by atoms with E-state index >= 15 is 0 Å². The molecule has 0 aliphatic heterocycles. The van der Waals surface area contributed by atoms with Crippen LogP contribution in [0.1, 0.15) is 17.5 Å². The summed E-state index contributed by atoms with van der Waals surface area (Å²) in [5.41, 5.74) is 6.22. The van der Waals surface area contributed by atoms with Crippen molar-refractivity contribution in [3.8, 4) is 6.07 Å². The van der Waals surface area contributed by atoms with Gasteiger partial charge in [0.15, 0.2) is 0 Å². The van der Waals surface area contributed by atoms with Gasteiger partial charge in [-0.1, -0.05) is 42.5 Å². The van der Waals surface area contributed by atoms with Crippen LogP contribution in [0, 0.1) is 17.1 Å². The predicted molar refractivity (Wildman–Crippen MR) is 78.6 cm³/mol. The van der Waals surface area contributed by atoms with Gasteiger partial charge in [0, 0.05) is 6.42 Å². The molecule has 0 aromatic heterocycles. The van der Waals surface area contributed by atoms with Gasteiger partial charge in [-0.3, -0.25) is 0 Å². The number of halogens is 1. The number of nitrogens with zero attached hydrogens (tertiary/aromatic N) is 1. The number of aliphatic hydroxyl groups excluding tert-OH is 1. The van der Waals surface area contributed by atoms with Crippen molar-refractivity contribution in [2.75, 3.05) is 0 Å². The normalized spacial score (nSPS) is 15.0. The molecule has 2 aromatic rings. The molecule has 0 aliphatic carbocycles. The van der Waals surface area contributed by atoms with Gasteiger partial charge < -0.3 is 10.8 Å². The van der Waals surface area contributed by atoms with Crippen molar-refractivity contribution >= 4 is 0 Å². The number of benzene rings is 2. The second kappa shape index (κ2) is 6.49. The Hall–Kier alpha value is -2.22. The number of nitrogens with two attached hydrogens (primary N) is 1. The minimum Gasteiger partial charge on any atom is -0.393 e. The predicted octanol–water partition coefficient (Wildman–Crippen LogP) is 2.50. The van der Waals surface area contributed by atoms with Crippen molar-refractivity contribution in [3.63, 3.8) is 0 Å². The lowest BCUT2D eigenvalue weighted by Gasteiger charge is -2.25. The van der Waals surface area contributed by atoms with Gasteiger partial charge in [0.2, 0.25) is 0 Å². The van der Waals surface area contributed by atoms with E-state index in [-0.39, 0.29) is 12.2 Å². The first-order valence-corrected chi connectivity index (χ1v) is 6.72. The lowest BCUT2D eigenvalue weighted by atomic mass is 9.85. The van der Waals surface area contributed by atoms with E-state index in [2.05, 4.69) is 0 Å². The molecule has 108 valence electrons. The Morgan fingerprint density at radius 1 is 1.14 bits per heavy atom. The van der Waals surface area contributed by atoms with Crippen molar-refractivity contribution in [2.24, 2.45) is 5.73 Å². The number of hydrogen-bond acceptors (Lipinski definition) is 3. The van der Waals surface area contributed by atoms with E-state index in [1.807, 2.05) is 36.4 Å². The van der Waals surface area contributed by atoms with E-state index in [1.165, 1.54) is 24.3 Å².